The van der Waals surface area contributed by atoms with Crippen molar-refractivity contribution in [1.29, 1.82) is 0 Å². The van der Waals surface area contributed by atoms with Crippen LogP contribution in [0.5, 0.6) is 0 Å². The first-order valence-electron chi connectivity index (χ1n) is 7.06. The number of ether oxygens (including phenoxy) is 1. The van der Waals surface area contributed by atoms with Crippen LogP contribution in [0.1, 0.15) is 34.1 Å². The van der Waals surface area contributed by atoms with Gasteiger partial charge in [-0.1, -0.05) is 6.92 Å². The fourth-order valence-corrected chi connectivity index (χ4v) is 3.49. The lowest BCUT2D eigenvalue weighted by atomic mass is 9.73. The molecule has 5 heteroatoms. The molecular weight excluding hydrogens is 242 g/mol. The number of hydrogen-bond acceptors (Lipinski definition) is 4. The fourth-order valence-electron chi connectivity index (χ4n) is 3.49. The van der Waals surface area contributed by atoms with Crippen LogP contribution in [-0.2, 0) is 4.74 Å². The van der Waals surface area contributed by atoms with E-state index in [1.54, 1.807) is 4.90 Å². The number of nitrogens with two attached hydrogens (primary N) is 1. The van der Waals surface area contributed by atoms with Gasteiger partial charge < -0.3 is 20.3 Å². The number of carbonyl (C=O) groups is 1. The first-order valence-corrected chi connectivity index (χ1v) is 7.06. The van der Waals surface area contributed by atoms with Crippen LogP contribution in [0.3, 0.4) is 0 Å². The Hall–Kier alpha value is -0.810. The summed E-state index contributed by atoms with van der Waals surface area (Å²) in [4.78, 5) is 16.1. The number of nitrogens with zero attached hydrogens (tertiary/aromatic N) is 2. The van der Waals surface area contributed by atoms with E-state index in [9.17, 15) is 4.79 Å². The smallest absolute Gasteiger partial charge is 0.410 e. The first-order chi connectivity index (χ1) is 8.62. The second kappa shape index (κ2) is 4.63. The third-order valence-corrected chi connectivity index (χ3v) is 4.17. The van der Waals surface area contributed by atoms with Gasteiger partial charge in [0.2, 0.25) is 0 Å². The Bertz CT molecular complexity index is 348. The molecule has 1 amide bonds. The van der Waals surface area contributed by atoms with Crippen molar-refractivity contribution in [3.05, 3.63) is 0 Å². The standard InChI is InChI=1S/C14H27N3O2/c1-13(2,3)19-12(18)17-8-14(4,9-17)11-10(15)6-7-16(11)5/h10-11H,6-9,15H2,1-5H3. The second-order valence-corrected chi connectivity index (χ2v) is 7.37. The molecule has 2 unspecified atom stereocenters. The highest BCUT2D eigenvalue weighted by atomic mass is 16.6. The van der Waals surface area contributed by atoms with Crippen molar-refractivity contribution in [2.75, 3.05) is 26.7 Å². The van der Waals surface area contributed by atoms with E-state index in [-0.39, 0.29) is 17.6 Å². The van der Waals surface area contributed by atoms with Crippen LogP contribution in [0.4, 0.5) is 4.79 Å². The van der Waals surface area contributed by atoms with Crippen LogP contribution in [0.25, 0.3) is 0 Å². The molecule has 2 atom stereocenters. The van der Waals surface area contributed by atoms with E-state index in [4.69, 9.17) is 10.5 Å². The largest absolute Gasteiger partial charge is 0.444 e. The Morgan fingerprint density at radius 1 is 1.37 bits per heavy atom. The molecule has 2 N–H and O–H groups in total. The maximum absolute atomic E-state index is 12.0. The van der Waals surface area contributed by atoms with Crippen molar-refractivity contribution in [1.82, 2.24) is 9.80 Å². The van der Waals surface area contributed by atoms with Gasteiger partial charge in [0, 0.05) is 30.6 Å². The van der Waals surface area contributed by atoms with Crippen molar-refractivity contribution in [3.8, 4) is 0 Å². The lowest BCUT2D eigenvalue weighted by molar-refractivity contribution is -0.0566. The predicted molar refractivity (Wildman–Crippen MR) is 74.9 cm³/mol. The molecule has 0 radical (unpaired) electrons. The number of amides is 1. The zero-order valence-electron chi connectivity index (χ0n) is 12.8. The Labute approximate surface area is 116 Å². The number of carbonyl (C=O) groups excluding carboxylic acids is 1. The molecule has 2 fully saturated rings. The summed E-state index contributed by atoms with van der Waals surface area (Å²) in [6.45, 7) is 10.4. The number of likely N-dealkylation sites (N-methyl/N-ethyl adjacent to an activating group) is 1. The van der Waals surface area contributed by atoms with Crippen molar-refractivity contribution < 1.29 is 9.53 Å². The van der Waals surface area contributed by atoms with Gasteiger partial charge in [-0.05, 0) is 40.8 Å². The van der Waals surface area contributed by atoms with E-state index in [2.05, 4.69) is 18.9 Å². The van der Waals surface area contributed by atoms with Crippen LogP contribution in [0.2, 0.25) is 0 Å². The van der Waals surface area contributed by atoms with E-state index < -0.39 is 5.60 Å². The fraction of sp³-hybridized carbons (Fsp3) is 0.929. The first kappa shape index (κ1) is 14.6. The van der Waals surface area contributed by atoms with E-state index >= 15 is 0 Å². The molecule has 0 bridgehead atoms. The van der Waals surface area contributed by atoms with Gasteiger partial charge in [0.1, 0.15) is 5.60 Å². The van der Waals surface area contributed by atoms with Gasteiger partial charge in [0.25, 0.3) is 0 Å². The summed E-state index contributed by atoms with van der Waals surface area (Å²) in [6.07, 6.45) is 0.836. The predicted octanol–water partition coefficient (Wildman–Crippen LogP) is 1.27. The third-order valence-electron chi connectivity index (χ3n) is 4.17. The van der Waals surface area contributed by atoms with Gasteiger partial charge in [-0.2, -0.15) is 0 Å². The summed E-state index contributed by atoms with van der Waals surface area (Å²) in [7, 11) is 2.12. The Balaban J connectivity index is 1.92. The average Bonchev–Trinajstić information content (AvgIpc) is 2.51. The zero-order chi connectivity index (χ0) is 14.4. The van der Waals surface area contributed by atoms with E-state index in [0.29, 0.717) is 6.04 Å². The van der Waals surface area contributed by atoms with Crippen LogP contribution in [0.15, 0.2) is 0 Å². The quantitative estimate of drug-likeness (QED) is 0.779. The molecule has 110 valence electrons. The highest BCUT2D eigenvalue weighted by molar-refractivity contribution is 5.69. The molecule has 0 aromatic heterocycles. The molecule has 0 saturated carbocycles. The van der Waals surface area contributed by atoms with Gasteiger partial charge in [-0.15, -0.1) is 0 Å². The maximum Gasteiger partial charge on any atom is 0.410 e. The highest BCUT2D eigenvalue weighted by Gasteiger charge is 2.52. The molecule has 2 rings (SSSR count). The summed E-state index contributed by atoms with van der Waals surface area (Å²) < 4.78 is 5.39. The van der Waals surface area contributed by atoms with Crippen molar-refractivity contribution >= 4 is 6.09 Å². The van der Waals surface area contributed by atoms with Crippen LogP contribution in [0, 0.1) is 5.41 Å². The van der Waals surface area contributed by atoms with Gasteiger partial charge in [-0.3, -0.25) is 0 Å². The molecule has 2 heterocycles. The van der Waals surface area contributed by atoms with Gasteiger partial charge in [0.05, 0.1) is 0 Å². The summed E-state index contributed by atoms with van der Waals surface area (Å²) in [5.74, 6) is 0. The minimum atomic E-state index is -0.427. The van der Waals surface area contributed by atoms with Crippen LogP contribution >= 0.6 is 0 Å². The summed E-state index contributed by atoms with van der Waals surface area (Å²) >= 11 is 0. The lowest BCUT2D eigenvalue weighted by Crippen LogP contribution is -2.67. The zero-order valence-corrected chi connectivity index (χ0v) is 12.8. The highest BCUT2D eigenvalue weighted by Crippen LogP contribution is 2.40. The number of rotatable bonds is 1. The van der Waals surface area contributed by atoms with Gasteiger partial charge >= 0.3 is 6.09 Å². The third kappa shape index (κ3) is 2.87. The molecular formula is C14H27N3O2. The van der Waals surface area contributed by atoms with E-state index in [0.717, 1.165) is 26.1 Å². The van der Waals surface area contributed by atoms with Gasteiger partial charge in [0.15, 0.2) is 0 Å². The monoisotopic (exact) mass is 269 g/mol. The average molecular weight is 269 g/mol. The number of likely N-dealkylation sites (tertiary alicyclic amines) is 2. The van der Waals surface area contributed by atoms with E-state index in [1.165, 1.54) is 0 Å². The molecule has 0 aromatic carbocycles. The normalized spacial score (nSPS) is 31.2. The molecule has 5 nitrogen and oxygen atoms in total. The van der Waals surface area contributed by atoms with Gasteiger partial charge in [-0.25, -0.2) is 4.79 Å². The molecule has 0 aromatic rings. The topological polar surface area (TPSA) is 58.8 Å². The molecule has 19 heavy (non-hydrogen) atoms. The maximum atomic E-state index is 12.0. The Kier molecular flexibility index (Phi) is 3.56. The number of hydrogen-bond donors (Lipinski definition) is 1. The summed E-state index contributed by atoms with van der Waals surface area (Å²) in [5, 5.41) is 0. The Morgan fingerprint density at radius 3 is 2.37 bits per heavy atom. The molecule has 2 saturated heterocycles. The second-order valence-electron chi connectivity index (χ2n) is 7.37. The molecule has 2 aliphatic heterocycles. The molecule has 0 aliphatic carbocycles. The summed E-state index contributed by atoms with van der Waals surface area (Å²) in [6, 6.07) is 0.585. The van der Waals surface area contributed by atoms with Crippen molar-refractivity contribution in [2.45, 2.75) is 51.8 Å². The minimum Gasteiger partial charge on any atom is -0.444 e. The van der Waals surface area contributed by atoms with Crippen molar-refractivity contribution in [2.24, 2.45) is 11.1 Å². The molecule has 2 aliphatic rings. The SMILES string of the molecule is CN1CCC(N)C1C1(C)CN(C(=O)OC(C)(C)C)C1. The van der Waals surface area contributed by atoms with Crippen molar-refractivity contribution in [3.63, 3.8) is 0 Å². The Morgan fingerprint density at radius 2 is 1.95 bits per heavy atom. The molecule has 0 spiro atoms. The minimum absolute atomic E-state index is 0.0988. The van der Waals surface area contributed by atoms with Crippen LogP contribution < -0.4 is 5.73 Å². The van der Waals surface area contributed by atoms with E-state index in [1.807, 2.05) is 20.8 Å². The lowest BCUT2D eigenvalue weighted by Gasteiger charge is -2.53. The van der Waals surface area contributed by atoms with Crippen LogP contribution in [-0.4, -0.2) is 60.3 Å². The summed E-state index contributed by atoms with van der Waals surface area (Å²) in [5.41, 5.74) is 5.88.